The molecule has 1 atom stereocenters. The van der Waals surface area contributed by atoms with E-state index in [1.807, 2.05) is 50.2 Å². The van der Waals surface area contributed by atoms with Crippen LogP contribution in [0.4, 0.5) is 18.9 Å². The van der Waals surface area contributed by atoms with Crippen molar-refractivity contribution in [1.82, 2.24) is 20.2 Å². The van der Waals surface area contributed by atoms with Gasteiger partial charge in [-0.15, -0.1) is 18.3 Å². The minimum Gasteiger partial charge on any atom is -0.497 e. The molecule has 1 N–H and O–H groups in total. The number of aliphatic imine (C=N–C) groups is 1. The van der Waals surface area contributed by atoms with Gasteiger partial charge in [0.1, 0.15) is 23.8 Å². The lowest BCUT2D eigenvalue weighted by atomic mass is 10.1. The number of hydrogen-bond acceptors (Lipinski definition) is 11. The van der Waals surface area contributed by atoms with Crippen molar-refractivity contribution in [3.8, 4) is 28.6 Å². The van der Waals surface area contributed by atoms with Crippen LogP contribution in [0, 0.1) is 13.8 Å². The number of hydrogen-bond donors (Lipinski definition) is 1. The zero-order valence-corrected chi connectivity index (χ0v) is 28.2. The Bertz CT molecular complexity index is 1720. The van der Waals surface area contributed by atoms with Crippen LogP contribution in [0.1, 0.15) is 23.6 Å². The summed E-state index contributed by atoms with van der Waals surface area (Å²) >= 11 is 1.15. The van der Waals surface area contributed by atoms with E-state index in [1.54, 1.807) is 27.4 Å². The van der Waals surface area contributed by atoms with E-state index < -0.39 is 18.4 Å². The Morgan fingerprint density at radius 2 is 1.71 bits per heavy atom. The summed E-state index contributed by atoms with van der Waals surface area (Å²) in [6.07, 6.45) is -2.46. The zero-order chi connectivity index (χ0) is 35.4. The maximum Gasteiger partial charge on any atom is 0.573 e. The summed E-state index contributed by atoms with van der Waals surface area (Å²) in [4.78, 5) is 21.4. The molecule has 3 aromatic carbocycles. The molecule has 0 saturated carbocycles. The molecule has 49 heavy (non-hydrogen) atoms. The number of alkyl halides is 3. The van der Waals surface area contributed by atoms with Gasteiger partial charge in [0.25, 0.3) is 0 Å². The molecule has 0 amide bonds. The van der Waals surface area contributed by atoms with Gasteiger partial charge in [0, 0.05) is 12.7 Å². The minimum atomic E-state index is -4.77. The Hall–Kier alpha value is -4.93. The number of amidine groups is 1. The van der Waals surface area contributed by atoms with Crippen LogP contribution in [-0.2, 0) is 19.0 Å². The summed E-state index contributed by atoms with van der Waals surface area (Å²) in [6.45, 7) is 6.07. The first-order valence-corrected chi connectivity index (χ1v) is 15.8. The maximum absolute atomic E-state index is 12.5. The third-order valence-corrected chi connectivity index (χ3v) is 7.36. The van der Waals surface area contributed by atoms with Gasteiger partial charge in [0.05, 0.1) is 37.9 Å². The number of aryl methyl sites for hydroxylation is 2. The molecule has 1 unspecified atom stereocenters. The molecule has 260 valence electrons. The van der Waals surface area contributed by atoms with Crippen molar-refractivity contribution in [2.45, 2.75) is 33.2 Å². The average Bonchev–Trinajstić information content (AvgIpc) is 3.56. The van der Waals surface area contributed by atoms with Crippen LogP contribution in [0.5, 0.6) is 11.5 Å². The highest BCUT2D eigenvalue weighted by atomic mass is 32.2. The van der Waals surface area contributed by atoms with Gasteiger partial charge >= 0.3 is 12.3 Å². The van der Waals surface area contributed by atoms with Crippen molar-refractivity contribution >= 4 is 34.8 Å². The number of ether oxygens (including phenoxy) is 5. The van der Waals surface area contributed by atoms with Crippen LogP contribution in [-0.4, -0.2) is 78.0 Å². The average molecular weight is 701 g/mol. The van der Waals surface area contributed by atoms with Gasteiger partial charge in [0.2, 0.25) is 0 Å². The van der Waals surface area contributed by atoms with E-state index in [-0.39, 0.29) is 18.3 Å². The number of nitrogens with one attached hydrogen (secondary N) is 1. The lowest BCUT2D eigenvalue weighted by Gasteiger charge is -2.13. The predicted molar refractivity (Wildman–Crippen MR) is 180 cm³/mol. The van der Waals surface area contributed by atoms with Crippen molar-refractivity contribution in [1.29, 1.82) is 0 Å². The van der Waals surface area contributed by atoms with Gasteiger partial charge in [-0.1, -0.05) is 24.3 Å². The van der Waals surface area contributed by atoms with E-state index in [4.69, 9.17) is 23.9 Å². The Morgan fingerprint density at radius 3 is 2.35 bits per heavy atom. The highest BCUT2D eigenvalue weighted by Gasteiger charge is 2.31. The van der Waals surface area contributed by atoms with Crippen LogP contribution in [0.3, 0.4) is 0 Å². The lowest BCUT2D eigenvalue weighted by Crippen LogP contribution is -2.25. The van der Waals surface area contributed by atoms with E-state index in [0.29, 0.717) is 34.6 Å². The molecule has 4 aromatic rings. The normalized spacial score (nSPS) is 12.6. The molecule has 0 aliphatic carbocycles. The fourth-order valence-electron chi connectivity index (χ4n) is 4.24. The summed E-state index contributed by atoms with van der Waals surface area (Å²) in [5, 5.41) is 9.16. The molecule has 0 spiro atoms. The Morgan fingerprint density at radius 1 is 1.02 bits per heavy atom. The van der Waals surface area contributed by atoms with E-state index in [1.165, 1.54) is 35.3 Å². The van der Waals surface area contributed by atoms with Gasteiger partial charge < -0.3 is 23.7 Å². The second-order valence-electron chi connectivity index (χ2n) is 10.3. The Labute approximate surface area is 285 Å². The molecule has 4 rings (SSSR count). The molecule has 1 heterocycles. The predicted octanol–water partition coefficient (Wildman–Crippen LogP) is 6.35. The largest absolute Gasteiger partial charge is 0.573 e. The number of esters is 1. The van der Waals surface area contributed by atoms with Crippen LogP contribution >= 0.6 is 11.8 Å². The quantitative estimate of drug-likeness (QED) is 0.0396. The van der Waals surface area contributed by atoms with Gasteiger partial charge in [-0.05, 0) is 85.6 Å². The number of aromatic nitrogens is 3. The molecule has 0 radical (unpaired) electrons. The summed E-state index contributed by atoms with van der Waals surface area (Å²) in [6, 6.07) is 16.3. The van der Waals surface area contributed by atoms with E-state index >= 15 is 0 Å². The molecular formula is C33H35F3N6O6S. The molecular weight excluding hydrogens is 665 g/mol. The van der Waals surface area contributed by atoms with E-state index in [0.717, 1.165) is 34.1 Å². The highest BCUT2D eigenvalue weighted by molar-refractivity contribution is 8.13. The summed E-state index contributed by atoms with van der Waals surface area (Å²) < 4.78 is 63.8. The van der Waals surface area contributed by atoms with Crippen molar-refractivity contribution < 1.29 is 41.7 Å². The Kier molecular flexibility index (Phi) is 13.1. The van der Waals surface area contributed by atoms with Crippen molar-refractivity contribution in [3.63, 3.8) is 0 Å². The molecule has 0 aliphatic heterocycles. The first kappa shape index (κ1) is 36.9. The molecule has 0 fully saturated rings. The first-order valence-electron chi connectivity index (χ1n) is 14.8. The van der Waals surface area contributed by atoms with Crippen molar-refractivity contribution in [2.24, 2.45) is 10.1 Å². The van der Waals surface area contributed by atoms with Gasteiger partial charge in [0.15, 0.2) is 17.1 Å². The van der Waals surface area contributed by atoms with E-state index in [9.17, 15) is 18.0 Å². The van der Waals surface area contributed by atoms with Gasteiger partial charge in [-0.25, -0.2) is 19.5 Å². The SMILES string of the molecule is COCCOC(C)C(=O)OCSC(=Nc1c(C)cc(OC)cc1C)N/N=C\c1ccc(-c2ncn(-c3ccc(OC(F)(F)F)cc3)n2)cc1. The van der Waals surface area contributed by atoms with Crippen LogP contribution in [0.2, 0.25) is 0 Å². The van der Waals surface area contributed by atoms with Gasteiger partial charge in [-0.2, -0.15) is 5.10 Å². The van der Waals surface area contributed by atoms with Crippen LogP contribution in [0.15, 0.2) is 77.1 Å². The van der Waals surface area contributed by atoms with Crippen molar-refractivity contribution in [2.75, 3.05) is 33.4 Å². The smallest absolute Gasteiger partial charge is 0.497 e. The molecule has 0 bridgehead atoms. The minimum absolute atomic E-state index is 0.0355. The topological polar surface area (TPSA) is 131 Å². The number of rotatable bonds is 14. The third kappa shape index (κ3) is 11.3. The molecule has 16 heteroatoms. The standard InChI is InChI=1S/C33H35F3N6O6S/c1-21-16-28(45-5)17-22(2)29(21)39-32(49-20-47-31(43)23(3)46-15-14-44-4)40-38-18-24-6-8-25(9-7-24)30-37-19-42(41-30)26-10-12-27(13-11-26)48-33(34,35)36/h6-13,16-19,23H,14-15,20H2,1-5H3,(H,39,40)/b38-18-. The fourth-order valence-corrected chi connectivity index (χ4v) is 4.80. The second kappa shape index (κ2) is 17.5. The number of benzene rings is 3. The summed E-state index contributed by atoms with van der Waals surface area (Å²) in [7, 11) is 3.15. The third-order valence-electron chi connectivity index (χ3n) is 6.67. The Balaban J connectivity index is 1.42. The number of hydrazone groups is 1. The monoisotopic (exact) mass is 700 g/mol. The van der Waals surface area contributed by atoms with E-state index in [2.05, 4.69) is 25.3 Å². The number of halogens is 3. The zero-order valence-electron chi connectivity index (χ0n) is 27.4. The number of methoxy groups -OCH3 is 2. The lowest BCUT2D eigenvalue weighted by molar-refractivity contribution is -0.274. The van der Waals surface area contributed by atoms with Crippen LogP contribution < -0.4 is 14.9 Å². The number of carbonyl (C=O) groups excluding carboxylic acids is 1. The number of nitrogens with zero attached hydrogens (tertiary/aromatic N) is 5. The maximum atomic E-state index is 12.5. The number of thioether (sulfide) groups is 1. The van der Waals surface area contributed by atoms with Crippen molar-refractivity contribution in [3.05, 3.63) is 83.7 Å². The van der Waals surface area contributed by atoms with Gasteiger partial charge in [-0.3, -0.25) is 5.43 Å². The number of carbonyl (C=O) groups is 1. The molecule has 0 aliphatic rings. The highest BCUT2D eigenvalue weighted by Crippen LogP contribution is 2.30. The molecule has 1 aromatic heterocycles. The first-order chi connectivity index (χ1) is 23.5. The molecule has 0 saturated heterocycles. The fraction of sp³-hybridized carbons (Fsp3) is 0.303. The summed E-state index contributed by atoms with van der Waals surface area (Å²) in [5.74, 6) is 0.248. The second-order valence-corrected chi connectivity index (χ2v) is 11.2. The summed E-state index contributed by atoms with van der Waals surface area (Å²) in [5.41, 5.74) is 7.41. The molecule has 12 nitrogen and oxygen atoms in total. The van der Waals surface area contributed by atoms with Crippen LogP contribution in [0.25, 0.3) is 17.1 Å².